The molecule has 0 aliphatic carbocycles. The second-order valence-corrected chi connectivity index (χ2v) is 10.2. The van der Waals surface area contributed by atoms with Crippen LogP contribution in [0.2, 0.25) is 5.02 Å². The van der Waals surface area contributed by atoms with Gasteiger partial charge < -0.3 is 14.3 Å². The first-order valence-electron chi connectivity index (χ1n) is 10.9. The minimum absolute atomic E-state index is 0.177. The van der Waals surface area contributed by atoms with Crippen LogP contribution >= 0.6 is 43.5 Å². The summed E-state index contributed by atoms with van der Waals surface area (Å²) in [5.74, 6) is -0.332. The third-order valence-corrected chi connectivity index (χ3v) is 6.80. The van der Waals surface area contributed by atoms with E-state index >= 15 is 0 Å². The second kappa shape index (κ2) is 10.1. The molecule has 0 bridgehead atoms. The van der Waals surface area contributed by atoms with Crippen LogP contribution in [-0.4, -0.2) is 33.1 Å². The molecule has 2 aromatic heterocycles. The van der Waals surface area contributed by atoms with Crippen molar-refractivity contribution in [2.45, 2.75) is 13.0 Å². The third-order valence-electron chi connectivity index (χ3n) is 5.44. The average molecular weight is 646 g/mol. The molecule has 1 atom stereocenters. The monoisotopic (exact) mass is 643 g/mol. The van der Waals surface area contributed by atoms with Crippen molar-refractivity contribution >= 4 is 77.5 Å². The first-order chi connectivity index (χ1) is 17.7. The van der Waals surface area contributed by atoms with E-state index in [9.17, 15) is 9.59 Å². The molecular weight excluding hydrogens is 630 g/mol. The molecule has 2 heterocycles. The number of benzene rings is 3. The fourth-order valence-electron chi connectivity index (χ4n) is 3.63. The zero-order chi connectivity index (χ0) is 26.3. The molecule has 0 unspecified atom stereocenters. The minimum atomic E-state index is -1.12. The van der Waals surface area contributed by atoms with E-state index in [1.807, 2.05) is 18.2 Å². The van der Waals surface area contributed by atoms with Crippen molar-refractivity contribution in [3.8, 4) is 17.3 Å². The lowest BCUT2D eigenvalue weighted by atomic mass is 10.2. The molecule has 0 saturated heterocycles. The van der Waals surface area contributed by atoms with E-state index in [2.05, 4.69) is 41.9 Å². The quantitative estimate of drug-likeness (QED) is 0.206. The van der Waals surface area contributed by atoms with Gasteiger partial charge in [-0.1, -0.05) is 39.7 Å². The SMILES string of the molecule is C[C@@H](Oc1c(Cl)cc(C=Nn2c(-c3cc4cc(Br)ccc4o3)nc3ccccc3c2=O)cc1Br)C(=O)O. The molecule has 3 aromatic carbocycles. The smallest absolute Gasteiger partial charge is 0.344 e. The molecule has 186 valence electrons. The number of carboxylic acids is 1. The zero-order valence-corrected chi connectivity index (χ0v) is 22.9. The van der Waals surface area contributed by atoms with E-state index < -0.39 is 12.1 Å². The van der Waals surface area contributed by atoms with Crippen LogP contribution in [0, 0.1) is 0 Å². The number of fused-ring (bicyclic) bond motifs is 2. The molecule has 0 amide bonds. The van der Waals surface area contributed by atoms with Crippen LogP contribution in [0.15, 0.2) is 83.9 Å². The third kappa shape index (κ3) is 5.04. The van der Waals surface area contributed by atoms with Gasteiger partial charge in [0.25, 0.3) is 5.56 Å². The molecule has 0 aliphatic rings. The molecular formula is C26H16Br2ClN3O5. The summed E-state index contributed by atoms with van der Waals surface area (Å²) in [5.41, 5.74) is 1.30. The molecule has 37 heavy (non-hydrogen) atoms. The summed E-state index contributed by atoms with van der Waals surface area (Å²) in [6, 6.07) is 17.6. The number of nitrogens with zero attached hydrogens (tertiary/aromatic N) is 3. The van der Waals surface area contributed by atoms with Gasteiger partial charge in [-0.2, -0.15) is 9.78 Å². The average Bonchev–Trinajstić information content (AvgIpc) is 3.28. The summed E-state index contributed by atoms with van der Waals surface area (Å²) in [5, 5.41) is 15.0. The van der Waals surface area contributed by atoms with Gasteiger partial charge in [-0.3, -0.25) is 4.79 Å². The maximum Gasteiger partial charge on any atom is 0.344 e. The van der Waals surface area contributed by atoms with Crippen molar-refractivity contribution in [2.24, 2.45) is 5.10 Å². The maximum absolute atomic E-state index is 13.4. The molecule has 1 N–H and O–H groups in total. The lowest BCUT2D eigenvalue weighted by molar-refractivity contribution is -0.144. The number of carbonyl (C=O) groups is 1. The number of hydrogen-bond acceptors (Lipinski definition) is 6. The second-order valence-electron chi connectivity index (χ2n) is 8.02. The van der Waals surface area contributed by atoms with Crippen molar-refractivity contribution in [3.05, 3.63) is 90.5 Å². The molecule has 0 aliphatic heterocycles. The first-order valence-corrected chi connectivity index (χ1v) is 12.8. The fraction of sp³-hybridized carbons (Fsp3) is 0.0769. The number of ether oxygens (including phenoxy) is 1. The topological polar surface area (TPSA) is 107 Å². The molecule has 0 fully saturated rings. The van der Waals surface area contributed by atoms with Crippen LogP contribution in [0.4, 0.5) is 0 Å². The molecule has 8 nitrogen and oxygen atoms in total. The minimum Gasteiger partial charge on any atom is -0.479 e. The fourth-order valence-corrected chi connectivity index (χ4v) is 4.97. The predicted molar refractivity (Wildman–Crippen MR) is 149 cm³/mol. The standard InChI is InChI=1S/C26H16Br2ClN3O5/c1-13(26(34)35)36-23-18(28)8-14(9-19(23)29)12-30-32-24(31-20-5-3-2-4-17(20)25(32)33)22-11-15-10-16(27)6-7-21(15)37-22/h2-13H,1H3,(H,34,35)/t13-/m1/s1. The summed E-state index contributed by atoms with van der Waals surface area (Å²) in [4.78, 5) is 29.3. The highest BCUT2D eigenvalue weighted by atomic mass is 79.9. The molecule has 11 heteroatoms. The number of hydrogen-bond donors (Lipinski definition) is 1. The Labute approximate surface area is 231 Å². The highest BCUT2D eigenvalue weighted by Gasteiger charge is 2.19. The number of furan rings is 1. The van der Waals surface area contributed by atoms with Gasteiger partial charge in [0.2, 0.25) is 5.82 Å². The van der Waals surface area contributed by atoms with Crippen LogP contribution in [0.1, 0.15) is 12.5 Å². The Bertz CT molecular complexity index is 1760. The van der Waals surface area contributed by atoms with Crippen LogP contribution < -0.4 is 10.3 Å². The Morgan fingerprint density at radius 2 is 1.97 bits per heavy atom. The van der Waals surface area contributed by atoms with E-state index in [4.69, 9.17) is 25.9 Å². The van der Waals surface area contributed by atoms with Gasteiger partial charge >= 0.3 is 5.97 Å². The van der Waals surface area contributed by atoms with Gasteiger partial charge in [-0.05, 0) is 76.9 Å². The van der Waals surface area contributed by atoms with E-state index in [0.717, 1.165) is 9.86 Å². The summed E-state index contributed by atoms with van der Waals surface area (Å²) < 4.78 is 13.9. The Morgan fingerprint density at radius 1 is 1.19 bits per heavy atom. The van der Waals surface area contributed by atoms with E-state index in [1.54, 1.807) is 42.5 Å². The summed E-state index contributed by atoms with van der Waals surface area (Å²) in [6.07, 6.45) is 0.351. The number of rotatable bonds is 6. The first kappa shape index (κ1) is 25.2. The Balaban J connectivity index is 1.62. The van der Waals surface area contributed by atoms with Crippen molar-refractivity contribution in [1.29, 1.82) is 0 Å². The number of para-hydroxylation sites is 1. The number of aliphatic carboxylic acids is 1. The highest BCUT2D eigenvalue weighted by Crippen LogP contribution is 2.35. The van der Waals surface area contributed by atoms with Crippen molar-refractivity contribution in [1.82, 2.24) is 9.66 Å². The molecule has 5 aromatic rings. The summed E-state index contributed by atoms with van der Waals surface area (Å²) >= 11 is 13.2. The van der Waals surface area contributed by atoms with Crippen molar-refractivity contribution in [3.63, 3.8) is 0 Å². The summed E-state index contributed by atoms with van der Waals surface area (Å²) in [7, 11) is 0. The van der Waals surface area contributed by atoms with Crippen LogP contribution in [0.5, 0.6) is 5.75 Å². The summed E-state index contributed by atoms with van der Waals surface area (Å²) in [6.45, 7) is 1.40. The lowest BCUT2D eigenvalue weighted by Crippen LogP contribution is -2.23. The number of aromatic nitrogens is 2. The highest BCUT2D eigenvalue weighted by molar-refractivity contribution is 9.10. The Morgan fingerprint density at radius 3 is 2.73 bits per heavy atom. The van der Waals surface area contributed by atoms with Gasteiger partial charge in [0.05, 0.1) is 26.6 Å². The number of halogens is 3. The van der Waals surface area contributed by atoms with E-state index in [-0.39, 0.29) is 22.2 Å². The van der Waals surface area contributed by atoms with Gasteiger partial charge in [0.15, 0.2) is 17.6 Å². The van der Waals surface area contributed by atoms with Crippen LogP contribution in [0.25, 0.3) is 33.5 Å². The van der Waals surface area contributed by atoms with Crippen LogP contribution in [-0.2, 0) is 4.79 Å². The number of carboxylic acid groups (broad SMARTS) is 1. The van der Waals surface area contributed by atoms with Gasteiger partial charge in [-0.25, -0.2) is 9.78 Å². The van der Waals surface area contributed by atoms with Crippen LogP contribution in [0.3, 0.4) is 0 Å². The molecule has 5 rings (SSSR count). The van der Waals surface area contributed by atoms with E-state index in [0.29, 0.717) is 32.3 Å². The van der Waals surface area contributed by atoms with Gasteiger partial charge in [0.1, 0.15) is 5.58 Å². The van der Waals surface area contributed by atoms with Gasteiger partial charge in [-0.15, -0.1) is 0 Å². The Hall–Kier alpha value is -3.47. The van der Waals surface area contributed by atoms with Crippen molar-refractivity contribution in [2.75, 3.05) is 0 Å². The zero-order valence-electron chi connectivity index (χ0n) is 19.0. The predicted octanol–water partition coefficient (Wildman–Crippen LogP) is 6.72. The Kier molecular flexibility index (Phi) is 6.89. The molecule has 0 spiro atoms. The van der Waals surface area contributed by atoms with E-state index in [1.165, 1.54) is 17.8 Å². The normalized spacial score (nSPS) is 12.4. The lowest BCUT2D eigenvalue weighted by Gasteiger charge is -2.14. The molecule has 0 saturated carbocycles. The van der Waals surface area contributed by atoms with Crippen molar-refractivity contribution < 1.29 is 19.1 Å². The van der Waals surface area contributed by atoms with Gasteiger partial charge in [0, 0.05) is 9.86 Å². The largest absolute Gasteiger partial charge is 0.479 e. The molecule has 0 radical (unpaired) electrons. The maximum atomic E-state index is 13.4.